The molecule has 4 saturated carbocycles. The molecule has 190 valence electrons. The fourth-order valence-corrected chi connectivity index (χ4v) is 8.79. The quantitative estimate of drug-likeness (QED) is 0.662. The van der Waals surface area contributed by atoms with Crippen LogP contribution >= 0.6 is 0 Å². The van der Waals surface area contributed by atoms with Crippen LogP contribution in [0.5, 0.6) is 0 Å². The molecule has 2 unspecified atom stereocenters. The zero-order valence-electron chi connectivity index (χ0n) is 20.8. The molecule has 3 amide bonds. The van der Waals surface area contributed by atoms with Gasteiger partial charge in [-0.15, -0.1) is 0 Å². The zero-order valence-corrected chi connectivity index (χ0v) is 20.8. The molecule has 3 atom stereocenters. The topological polar surface area (TPSA) is 76.1 Å². The Kier molecular flexibility index (Phi) is 6.29. The molecule has 3 saturated heterocycles. The minimum Gasteiger partial charge on any atom is -0.393 e. The summed E-state index contributed by atoms with van der Waals surface area (Å²) in [5, 5.41) is 14.0. The minimum absolute atomic E-state index is 0.0639. The lowest BCUT2D eigenvalue weighted by Gasteiger charge is -2.58. The van der Waals surface area contributed by atoms with E-state index in [1.807, 2.05) is 4.90 Å². The highest BCUT2D eigenvalue weighted by molar-refractivity contribution is 5.83. The molecule has 0 radical (unpaired) electrons. The van der Waals surface area contributed by atoms with E-state index in [-0.39, 0.29) is 29.5 Å². The number of carbonyl (C=O) groups excluding carboxylic acids is 2. The maximum atomic E-state index is 13.5. The molecule has 0 spiro atoms. The van der Waals surface area contributed by atoms with Gasteiger partial charge < -0.3 is 25.1 Å². The second kappa shape index (κ2) is 9.27. The van der Waals surface area contributed by atoms with Gasteiger partial charge in [0.05, 0.1) is 11.5 Å². The molecule has 3 aliphatic heterocycles. The van der Waals surface area contributed by atoms with Crippen LogP contribution in [0.25, 0.3) is 0 Å². The summed E-state index contributed by atoms with van der Waals surface area (Å²) in [6, 6.07) is 0.888. The summed E-state index contributed by atoms with van der Waals surface area (Å²) in [7, 11) is 0. The molecule has 4 bridgehead atoms. The van der Waals surface area contributed by atoms with E-state index < -0.39 is 0 Å². The zero-order chi connectivity index (χ0) is 23.3. The third-order valence-electron chi connectivity index (χ3n) is 10.4. The molecule has 7 fully saturated rings. The molecular formula is C27H44N4O3. The fourth-order valence-electron chi connectivity index (χ4n) is 8.79. The van der Waals surface area contributed by atoms with Crippen molar-refractivity contribution in [3.63, 3.8) is 0 Å². The summed E-state index contributed by atoms with van der Waals surface area (Å²) < 4.78 is 0. The molecule has 7 aliphatic rings. The monoisotopic (exact) mass is 472 g/mol. The van der Waals surface area contributed by atoms with E-state index in [0.717, 1.165) is 77.4 Å². The van der Waals surface area contributed by atoms with E-state index in [1.54, 1.807) is 0 Å². The summed E-state index contributed by atoms with van der Waals surface area (Å²) in [4.78, 5) is 33.6. The van der Waals surface area contributed by atoms with E-state index in [4.69, 9.17) is 0 Å². The second-order valence-electron chi connectivity index (χ2n) is 12.6. The second-order valence-corrected chi connectivity index (χ2v) is 12.6. The van der Waals surface area contributed by atoms with E-state index in [9.17, 15) is 14.7 Å². The first-order valence-corrected chi connectivity index (χ1v) is 14.3. The molecule has 4 aliphatic carbocycles. The van der Waals surface area contributed by atoms with Crippen LogP contribution in [0.1, 0.15) is 77.0 Å². The molecule has 0 aromatic rings. The van der Waals surface area contributed by atoms with Gasteiger partial charge in [0.2, 0.25) is 5.91 Å². The Hall–Kier alpha value is -1.34. The lowest BCUT2D eigenvalue weighted by atomic mass is 9.48. The van der Waals surface area contributed by atoms with Gasteiger partial charge in [0.1, 0.15) is 0 Å². The first-order chi connectivity index (χ1) is 16.5. The summed E-state index contributed by atoms with van der Waals surface area (Å²) in [5.74, 6) is 1.45. The number of hydrogen-bond acceptors (Lipinski definition) is 4. The van der Waals surface area contributed by atoms with E-state index >= 15 is 0 Å². The summed E-state index contributed by atoms with van der Waals surface area (Å²) in [5.41, 5.74) is -0.266. The van der Waals surface area contributed by atoms with Crippen molar-refractivity contribution in [1.29, 1.82) is 0 Å². The van der Waals surface area contributed by atoms with Crippen LogP contribution in [0.4, 0.5) is 4.79 Å². The SMILES string of the molecule is O=C(N1CCC(N2CCCCC2)CC1)N1CCC[C@H](NC(=O)C23CC4CC(C2)C(O)C(C4)C3)C1. The van der Waals surface area contributed by atoms with Crippen LogP contribution in [-0.2, 0) is 4.79 Å². The molecule has 7 nitrogen and oxygen atoms in total. The number of likely N-dealkylation sites (tertiary alicyclic amines) is 3. The number of urea groups is 1. The van der Waals surface area contributed by atoms with Crippen molar-refractivity contribution in [2.24, 2.45) is 23.2 Å². The normalized spacial score (nSPS) is 41.0. The number of carbonyl (C=O) groups is 2. The third-order valence-corrected chi connectivity index (χ3v) is 10.4. The Morgan fingerprint density at radius 3 is 2.21 bits per heavy atom. The number of aliphatic hydroxyl groups excluding tert-OH is 1. The van der Waals surface area contributed by atoms with Gasteiger partial charge in [-0.05, 0) is 101 Å². The van der Waals surface area contributed by atoms with Gasteiger partial charge in [-0.25, -0.2) is 4.79 Å². The van der Waals surface area contributed by atoms with Gasteiger partial charge in [-0.1, -0.05) is 6.42 Å². The number of amides is 3. The number of hydrogen-bond donors (Lipinski definition) is 2. The number of nitrogens with one attached hydrogen (secondary N) is 1. The predicted molar refractivity (Wildman–Crippen MR) is 130 cm³/mol. The Morgan fingerprint density at radius 1 is 0.794 bits per heavy atom. The smallest absolute Gasteiger partial charge is 0.320 e. The van der Waals surface area contributed by atoms with Crippen LogP contribution < -0.4 is 5.32 Å². The Morgan fingerprint density at radius 2 is 1.50 bits per heavy atom. The molecular weight excluding hydrogens is 428 g/mol. The maximum absolute atomic E-state index is 13.5. The lowest BCUT2D eigenvalue weighted by molar-refractivity contribution is -0.163. The standard InChI is InChI=1S/C27H44N4O3/c32-24-20-13-19-14-21(24)17-27(15-19,16-20)25(33)28-22-5-4-10-31(18-22)26(34)30-11-6-23(7-12-30)29-8-2-1-3-9-29/h19-24,32H,1-18H2,(H,28,33)/t19?,20?,21?,22-,24?,27?/m0/s1. The molecule has 0 aromatic carbocycles. The molecule has 7 heteroatoms. The van der Waals surface area contributed by atoms with Gasteiger partial charge in [0.25, 0.3) is 0 Å². The average molecular weight is 473 g/mol. The Balaban J connectivity index is 1.02. The van der Waals surface area contributed by atoms with E-state index in [0.29, 0.717) is 30.3 Å². The fraction of sp³-hybridized carbons (Fsp3) is 0.926. The van der Waals surface area contributed by atoms with Crippen LogP contribution in [-0.4, -0.2) is 89.2 Å². The third kappa shape index (κ3) is 4.25. The van der Waals surface area contributed by atoms with Crippen LogP contribution in [0.3, 0.4) is 0 Å². The van der Waals surface area contributed by atoms with Crippen molar-refractivity contribution in [3.05, 3.63) is 0 Å². The van der Waals surface area contributed by atoms with Crippen molar-refractivity contribution in [2.75, 3.05) is 39.3 Å². The molecule has 2 N–H and O–H groups in total. The number of rotatable bonds is 3. The summed E-state index contributed by atoms with van der Waals surface area (Å²) >= 11 is 0. The number of aliphatic hydroxyl groups is 1. The summed E-state index contributed by atoms with van der Waals surface area (Å²) in [6.07, 6.45) is 12.8. The summed E-state index contributed by atoms with van der Waals surface area (Å²) in [6.45, 7) is 5.64. The molecule has 34 heavy (non-hydrogen) atoms. The Bertz CT molecular complexity index is 760. The highest BCUT2D eigenvalue weighted by atomic mass is 16.3. The number of nitrogens with zero attached hydrogens (tertiary/aromatic N) is 3. The van der Waals surface area contributed by atoms with Gasteiger partial charge in [0, 0.05) is 38.3 Å². The van der Waals surface area contributed by atoms with Gasteiger partial charge in [-0.2, -0.15) is 0 Å². The largest absolute Gasteiger partial charge is 0.393 e. The highest BCUT2D eigenvalue weighted by Crippen LogP contribution is 2.60. The molecule has 3 heterocycles. The van der Waals surface area contributed by atoms with Crippen LogP contribution in [0, 0.1) is 23.2 Å². The van der Waals surface area contributed by atoms with Gasteiger partial charge >= 0.3 is 6.03 Å². The van der Waals surface area contributed by atoms with Crippen molar-refractivity contribution < 1.29 is 14.7 Å². The lowest BCUT2D eigenvalue weighted by Crippen LogP contribution is -2.61. The van der Waals surface area contributed by atoms with Crippen molar-refractivity contribution in [3.8, 4) is 0 Å². The molecule has 7 rings (SSSR count). The van der Waals surface area contributed by atoms with Gasteiger partial charge in [-0.3, -0.25) is 4.79 Å². The van der Waals surface area contributed by atoms with E-state index in [2.05, 4.69) is 15.1 Å². The first kappa shape index (κ1) is 23.1. The van der Waals surface area contributed by atoms with E-state index in [1.165, 1.54) is 32.4 Å². The van der Waals surface area contributed by atoms with Crippen molar-refractivity contribution >= 4 is 11.9 Å². The molecule has 0 aromatic heterocycles. The van der Waals surface area contributed by atoms with Crippen LogP contribution in [0.15, 0.2) is 0 Å². The number of piperidine rings is 3. The van der Waals surface area contributed by atoms with Gasteiger partial charge in [0.15, 0.2) is 0 Å². The average Bonchev–Trinajstić information content (AvgIpc) is 2.87. The van der Waals surface area contributed by atoms with Crippen LogP contribution in [0.2, 0.25) is 0 Å². The highest BCUT2D eigenvalue weighted by Gasteiger charge is 2.58. The Labute approximate surface area is 204 Å². The predicted octanol–water partition coefficient (Wildman–Crippen LogP) is 2.82. The maximum Gasteiger partial charge on any atom is 0.320 e. The van der Waals surface area contributed by atoms with Crippen molar-refractivity contribution in [2.45, 2.75) is 95.2 Å². The minimum atomic E-state index is -0.266. The first-order valence-electron chi connectivity index (χ1n) is 14.3. The van der Waals surface area contributed by atoms with Crippen molar-refractivity contribution in [1.82, 2.24) is 20.0 Å².